The molecule has 0 amide bonds. The van der Waals surface area contributed by atoms with Gasteiger partial charge >= 0.3 is 0 Å². The summed E-state index contributed by atoms with van der Waals surface area (Å²) in [5, 5.41) is 8.02. The molecule has 18 heavy (non-hydrogen) atoms. The van der Waals surface area contributed by atoms with Crippen LogP contribution in [0.5, 0.6) is 0 Å². The van der Waals surface area contributed by atoms with E-state index < -0.39 is 0 Å². The van der Waals surface area contributed by atoms with Gasteiger partial charge in [-0.25, -0.2) is 0 Å². The van der Waals surface area contributed by atoms with Crippen LogP contribution in [0.1, 0.15) is 51.3 Å². The quantitative estimate of drug-likeness (QED) is 0.618. The number of nitrogens with zero attached hydrogens (tertiary/aromatic N) is 2. The Balaban J connectivity index is 2.45. The fourth-order valence-corrected chi connectivity index (χ4v) is 2.00. The molecule has 0 unspecified atom stereocenters. The van der Waals surface area contributed by atoms with Crippen LogP contribution < -0.4 is 5.32 Å². The van der Waals surface area contributed by atoms with Gasteiger partial charge < -0.3 is 5.32 Å². The maximum absolute atomic E-state index is 5.22. The molecule has 0 saturated carbocycles. The standard InChI is InChI=1S/C15H25N3/c1-6-7-8-9-10-16-11-13-12-18(5)17-14(13)15(2,3)4/h1,12,16H,7-11H2,2-5H3. The molecule has 0 fully saturated rings. The van der Waals surface area contributed by atoms with Crippen molar-refractivity contribution < 1.29 is 0 Å². The van der Waals surface area contributed by atoms with Gasteiger partial charge in [0.15, 0.2) is 0 Å². The maximum atomic E-state index is 5.22. The van der Waals surface area contributed by atoms with E-state index in [-0.39, 0.29) is 5.41 Å². The Labute approximate surface area is 111 Å². The average molecular weight is 247 g/mol. The number of hydrogen-bond donors (Lipinski definition) is 1. The first-order valence-corrected chi connectivity index (χ1v) is 6.62. The molecule has 0 aromatic carbocycles. The number of hydrogen-bond acceptors (Lipinski definition) is 2. The molecule has 100 valence electrons. The zero-order valence-corrected chi connectivity index (χ0v) is 12.1. The summed E-state index contributed by atoms with van der Waals surface area (Å²) in [6.45, 7) is 8.50. The first-order chi connectivity index (χ1) is 8.45. The zero-order valence-electron chi connectivity index (χ0n) is 12.1. The van der Waals surface area contributed by atoms with E-state index in [9.17, 15) is 0 Å². The van der Waals surface area contributed by atoms with Crippen LogP contribution in [0.25, 0.3) is 0 Å². The molecular formula is C15H25N3. The molecule has 1 rings (SSSR count). The van der Waals surface area contributed by atoms with Crippen LogP contribution in [0.15, 0.2) is 6.20 Å². The number of terminal acetylenes is 1. The SMILES string of the molecule is C#CCCCCNCc1cn(C)nc1C(C)(C)C. The smallest absolute Gasteiger partial charge is 0.0722 e. The van der Waals surface area contributed by atoms with Crippen molar-refractivity contribution in [1.29, 1.82) is 0 Å². The Morgan fingerprint density at radius 2 is 2.11 bits per heavy atom. The Bertz CT molecular complexity index is 404. The van der Waals surface area contributed by atoms with E-state index in [0.717, 1.165) is 32.4 Å². The van der Waals surface area contributed by atoms with E-state index in [1.54, 1.807) is 0 Å². The molecule has 0 radical (unpaired) electrons. The minimum atomic E-state index is 0.0990. The van der Waals surface area contributed by atoms with E-state index in [2.05, 4.69) is 43.3 Å². The minimum Gasteiger partial charge on any atom is -0.313 e. The predicted molar refractivity (Wildman–Crippen MR) is 76.3 cm³/mol. The van der Waals surface area contributed by atoms with Gasteiger partial charge in [-0.15, -0.1) is 12.3 Å². The third kappa shape index (κ3) is 4.54. The van der Waals surface area contributed by atoms with Gasteiger partial charge in [0.2, 0.25) is 0 Å². The van der Waals surface area contributed by atoms with Gasteiger partial charge in [-0.1, -0.05) is 20.8 Å². The van der Waals surface area contributed by atoms with Gasteiger partial charge in [0, 0.05) is 37.2 Å². The van der Waals surface area contributed by atoms with Crippen molar-refractivity contribution in [2.75, 3.05) is 6.54 Å². The summed E-state index contributed by atoms with van der Waals surface area (Å²) in [6, 6.07) is 0. The second-order valence-electron chi connectivity index (χ2n) is 5.76. The van der Waals surface area contributed by atoms with Crippen molar-refractivity contribution >= 4 is 0 Å². The molecule has 0 saturated heterocycles. The molecule has 1 heterocycles. The van der Waals surface area contributed by atoms with Gasteiger partial charge in [0.25, 0.3) is 0 Å². The zero-order chi connectivity index (χ0) is 13.6. The van der Waals surface area contributed by atoms with E-state index in [4.69, 9.17) is 6.42 Å². The lowest BCUT2D eigenvalue weighted by Gasteiger charge is -2.17. The van der Waals surface area contributed by atoms with Crippen molar-refractivity contribution in [2.24, 2.45) is 7.05 Å². The summed E-state index contributed by atoms with van der Waals surface area (Å²) in [7, 11) is 1.98. The van der Waals surface area contributed by atoms with Crippen LogP contribution in [0.4, 0.5) is 0 Å². The summed E-state index contributed by atoms with van der Waals surface area (Å²) in [4.78, 5) is 0. The van der Waals surface area contributed by atoms with Gasteiger partial charge in [-0.05, 0) is 19.4 Å². The lowest BCUT2D eigenvalue weighted by Crippen LogP contribution is -2.19. The van der Waals surface area contributed by atoms with Gasteiger partial charge in [0.1, 0.15) is 0 Å². The van der Waals surface area contributed by atoms with Gasteiger partial charge in [-0.2, -0.15) is 5.10 Å². The molecule has 3 nitrogen and oxygen atoms in total. The Kier molecular flexibility index (Phi) is 5.43. The lowest BCUT2D eigenvalue weighted by atomic mass is 9.89. The van der Waals surface area contributed by atoms with Gasteiger partial charge in [-0.3, -0.25) is 4.68 Å². The Morgan fingerprint density at radius 3 is 2.72 bits per heavy atom. The maximum Gasteiger partial charge on any atom is 0.0722 e. The van der Waals surface area contributed by atoms with Crippen LogP contribution in [0, 0.1) is 12.3 Å². The van der Waals surface area contributed by atoms with E-state index in [0.29, 0.717) is 0 Å². The second kappa shape index (κ2) is 6.61. The third-order valence-electron chi connectivity index (χ3n) is 2.86. The largest absolute Gasteiger partial charge is 0.313 e. The highest BCUT2D eigenvalue weighted by Gasteiger charge is 2.21. The lowest BCUT2D eigenvalue weighted by molar-refractivity contribution is 0.542. The molecule has 0 bridgehead atoms. The molecule has 1 aromatic heterocycles. The van der Waals surface area contributed by atoms with E-state index >= 15 is 0 Å². The number of aromatic nitrogens is 2. The van der Waals surface area contributed by atoms with Crippen LogP contribution in [-0.2, 0) is 19.0 Å². The Morgan fingerprint density at radius 1 is 1.39 bits per heavy atom. The molecule has 1 aromatic rings. The first-order valence-electron chi connectivity index (χ1n) is 6.62. The molecule has 0 aliphatic carbocycles. The molecule has 1 N–H and O–H groups in total. The summed E-state index contributed by atoms with van der Waals surface area (Å²) in [5.41, 5.74) is 2.57. The van der Waals surface area contributed by atoms with E-state index in [1.165, 1.54) is 11.3 Å². The first kappa shape index (κ1) is 14.8. The topological polar surface area (TPSA) is 29.9 Å². The van der Waals surface area contributed by atoms with Crippen molar-refractivity contribution in [3.05, 3.63) is 17.5 Å². The average Bonchev–Trinajstić information content (AvgIpc) is 2.64. The third-order valence-corrected chi connectivity index (χ3v) is 2.86. The minimum absolute atomic E-state index is 0.0990. The van der Waals surface area contributed by atoms with Crippen LogP contribution in [0.3, 0.4) is 0 Å². The second-order valence-corrected chi connectivity index (χ2v) is 5.76. The van der Waals surface area contributed by atoms with Gasteiger partial charge in [0.05, 0.1) is 5.69 Å². The summed E-state index contributed by atoms with van der Waals surface area (Å²) < 4.78 is 1.90. The fourth-order valence-electron chi connectivity index (χ4n) is 2.00. The Hall–Kier alpha value is -1.27. The fraction of sp³-hybridized carbons (Fsp3) is 0.667. The molecule has 0 atom stereocenters. The normalized spacial score (nSPS) is 11.5. The van der Waals surface area contributed by atoms with Crippen LogP contribution in [-0.4, -0.2) is 16.3 Å². The number of nitrogens with one attached hydrogen (secondary N) is 1. The summed E-state index contributed by atoms with van der Waals surface area (Å²) in [5.74, 6) is 2.67. The number of unbranched alkanes of at least 4 members (excludes halogenated alkanes) is 2. The van der Waals surface area contributed by atoms with Crippen molar-refractivity contribution in [1.82, 2.24) is 15.1 Å². The van der Waals surface area contributed by atoms with Crippen LogP contribution in [0.2, 0.25) is 0 Å². The highest BCUT2D eigenvalue weighted by atomic mass is 15.3. The monoisotopic (exact) mass is 247 g/mol. The predicted octanol–water partition coefficient (Wildman–Crippen LogP) is 2.61. The highest BCUT2D eigenvalue weighted by molar-refractivity contribution is 5.23. The van der Waals surface area contributed by atoms with Crippen molar-refractivity contribution in [3.63, 3.8) is 0 Å². The molecule has 0 spiro atoms. The molecular weight excluding hydrogens is 222 g/mol. The van der Waals surface area contributed by atoms with E-state index in [1.807, 2.05) is 11.7 Å². The number of rotatable bonds is 6. The molecule has 3 heteroatoms. The number of aryl methyl sites for hydroxylation is 1. The van der Waals surface area contributed by atoms with Crippen LogP contribution >= 0.6 is 0 Å². The summed E-state index contributed by atoms with van der Waals surface area (Å²) >= 11 is 0. The highest BCUT2D eigenvalue weighted by Crippen LogP contribution is 2.23. The van der Waals surface area contributed by atoms with Crippen molar-refractivity contribution in [3.8, 4) is 12.3 Å². The summed E-state index contributed by atoms with van der Waals surface area (Å²) in [6.07, 6.45) is 10.4. The van der Waals surface area contributed by atoms with Crippen molar-refractivity contribution in [2.45, 2.75) is 52.0 Å². The molecule has 0 aliphatic rings. The molecule has 0 aliphatic heterocycles.